The summed E-state index contributed by atoms with van der Waals surface area (Å²) in [5.41, 5.74) is 1.25. The maximum atomic E-state index is 2.93. The molecule has 2 unspecified atom stereocenters. The van der Waals surface area contributed by atoms with Gasteiger partial charge in [0.2, 0.25) is 0 Å². The Morgan fingerprint density at radius 3 is 2.47 bits per heavy atom. The molecule has 3 heteroatoms. The summed E-state index contributed by atoms with van der Waals surface area (Å²) >= 11 is 0. The minimum absolute atomic E-state index is 0.369. The van der Waals surface area contributed by atoms with Crippen molar-refractivity contribution in [2.24, 2.45) is 0 Å². The second-order valence-electron chi connectivity index (χ2n) is 6.30. The normalized spacial score (nSPS) is 34.9. The number of allylic oxidation sites excluding steroid dienone is 2. The van der Waals surface area contributed by atoms with Gasteiger partial charge >= 0.3 is 0 Å². The van der Waals surface area contributed by atoms with Crippen LogP contribution in [0.2, 0.25) is 12.1 Å². The fourth-order valence-corrected chi connectivity index (χ4v) is 15.8. The van der Waals surface area contributed by atoms with Crippen molar-refractivity contribution in [3.63, 3.8) is 0 Å². The van der Waals surface area contributed by atoms with E-state index in [0.29, 0.717) is 5.54 Å². The van der Waals surface area contributed by atoms with Crippen molar-refractivity contribution < 1.29 is 0 Å². The van der Waals surface area contributed by atoms with E-state index in [0.717, 1.165) is 5.54 Å². The van der Waals surface area contributed by atoms with Gasteiger partial charge in [-0.2, -0.15) is 0 Å². The summed E-state index contributed by atoms with van der Waals surface area (Å²) in [5.74, 6) is 0. The molecule has 1 aliphatic heterocycles. The molecule has 1 aliphatic carbocycles. The maximum Gasteiger partial charge on any atom is 0.124 e. The first-order valence-electron chi connectivity index (χ1n) is 5.93. The van der Waals surface area contributed by atoms with Crippen LogP contribution in [0.4, 0.5) is 0 Å². The van der Waals surface area contributed by atoms with Crippen LogP contribution in [0.25, 0.3) is 0 Å². The fourth-order valence-electron chi connectivity index (χ4n) is 3.72. The van der Waals surface area contributed by atoms with Gasteiger partial charge in [-0.05, 0) is 40.5 Å². The largest absolute Gasteiger partial charge is 0.301 e. The number of nitrogens with zero attached hydrogens (tertiary/aromatic N) is 1. The van der Waals surface area contributed by atoms with E-state index >= 15 is 0 Å². The Morgan fingerprint density at radius 2 is 2.00 bits per heavy atom. The number of hydrogen-bond donors (Lipinski definition) is 0. The van der Waals surface area contributed by atoms with Crippen LogP contribution in [0.1, 0.15) is 27.2 Å². The van der Waals surface area contributed by atoms with Crippen LogP contribution in [-0.4, -0.2) is 37.5 Å². The van der Waals surface area contributed by atoms with Gasteiger partial charge < -0.3 is 4.34 Å². The molecule has 0 fully saturated rings. The molecule has 0 aromatic carbocycles. The smallest absolute Gasteiger partial charge is 0.124 e. The van der Waals surface area contributed by atoms with Crippen molar-refractivity contribution in [3.05, 3.63) is 12.2 Å². The Hall–Kier alpha value is 0.217. The minimum atomic E-state index is -0.936. The molecule has 0 radical (unpaired) electrons. The van der Waals surface area contributed by atoms with Gasteiger partial charge in [-0.15, -0.1) is 0 Å². The van der Waals surface area contributed by atoms with Crippen LogP contribution in [0.3, 0.4) is 0 Å². The number of fused-ring (bicyclic) bond motifs is 1. The van der Waals surface area contributed by atoms with Crippen molar-refractivity contribution in [2.75, 3.05) is 13.3 Å². The van der Waals surface area contributed by atoms with Gasteiger partial charge in [0.25, 0.3) is 0 Å². The average molecular weight is 241 g/mol. The summed E-state index contributed by atoms with van der Waals surface area (Å²) in [6.07, 6.45) is 6.18. The van der Waals surface area contributed by atoms with Gasteiger partial charge in [-0.3, -0.25) is 0 Å². The lowest BCUT2D eigenvalue weighted by atomic mass is 10.1. The first-order chi connectivity index (χ1) is 6.76. The number of hydrogen-bond acceptors (Lipinski definition) is 1. The molecule has 2 atom stereocenters. The Morgan fingerprint density at radius 1 is 1.40 bits per heavy atom. The SMILES string of the molecule is C[SiH]1C2C=CCC2=P(C)(C)N1C(C)(C)C. The first kappa shape index (κ1) is 11.7. The van der Waals surface area contributed by atoms with E-state index in [1.54, 1.807) is 0 Å². The third-order valence-electron chi connectivity index (χ3n) is 3.89. The third-order valence-corrected chi connectivity index (χ3v) is 13.8. The molecule has 0 aromatic rings. The van der Waals surface area contributed by atoms with Crippen LogP contribution in [0, 0.1) is 0 Å². The van der Waals surface area contributed by atoms with Crippen LogP contribution >= 0.6 is 7.04 Å². The first-order valence-corrected chi connectivity index (χ1v) is 10.9. The molecule has 0 aromatic heterocycles. The lowest BCUT2D eigenvalue weighted by Gasteiger charge is -2.43. The van der Waals surface area contributed by atoms with Gasteiger partial charge in [0.1, 0.15) is 8.96 Å². The zero-order valence-electron chi connectivity index (χ0n) is 10.9. The summed E-state index contributed by atoms with van der Waals surface area (Å²) < 4.78 is 2.93. The molecule has 0 saturated heterocycles. The predicted octanol–water partition coefficient (Wildman–Crippen LogP) is 3.15. The number of rotatable bonds is 0. The molecule has 2 aliphatic rings. The Labute approximate surface area is 96.3 Å². The third kappa shape index (κ3) is 1.62. The van der Waals surface area contributed by atoms with Crippen molar-refractivity contribution in [1.82, 2.24) is 4.34 Å². The standard InChI is InChI=1S/C12H24NPSi/c1-12(2,3)13-14(4,5)10-8-7-9-11(10)15(13)6/h7,9,11,15H,8H2,1-6H3. The Bertz CT molecular complexity index is 358. The maximum absolute atomic E-state index is 2.93. The van der Waals surface area contributed by atoms with E-state index < -0.39 is 16.0 Å². The molecule has 0 saturated carbocycles. The highest BCUT2D eigenvalue weighted by Crippen LogP contribution is 2.60. The van der Waals surface area contributed by atoms with Gasteiger partial charge in [0.05, 0.1) is 0 Å². The van der Waals surface area contributed by atoms with Crippen LogP contribution in [0.15, 0.2) is 12.2 Å². The average Bonchev–Trinajstić information content (AvgIpc) is 2.52. The van der Waals surface area contributed by atoms with Gasteiger partial charge in [-0.1, -0.05) is 31.0 Å². The van der Waals surface area contributed by atoms with E-state index in [9.17, 15) is 0 Å². The van der Waals surface area contributed by atoms with Gasteiger partial charge in [0, 0.05) is 11.1 Å². The zero-order valence-corrected chi connectivity index (χ0v) is 13.0. The van der Waals surface area contributed by atoms with E-state index in [-0.39, 0.29) is 0 Å². The fraction of sp³-hybridized carbons (Fsp3) is 0.750. The van der Waals surface area contributed by atoms with Crippen molar-refractivity contribution in [2.45, 2.75) is 44.8 Å². The second kappa shape index (κ2) is 3.35. The molecule has 0 spiro atoms. The highest BCUT2D eigenvalue weighted by molar-refractivity contribution is 7.75. The quantitative estimate of drug-likeness (QED) is 0.358. The lowest BCUT2D eigenvalue weighted by Crippen LogP contribution is -2.45. The summed E-state index contributed by atoms with van der Waals surface area (Å²) in [6, 6.07) is 0. The Kier molecular flexibility index (Phi) is 2.61. The van der Waals surface area contributed by atoms with Crippen molar-refractivity contribution in [1.29, 1.82) is 0 Å². The van der Waals surface area contributed by atoms with Crippen LogP contribution in [-0.2, 0) is 0 Å². The van der Waals surface area contributed by atoms with E-state index in [4.69, 9.17) is 0 Å². The predicted molar refractivity (Wildman–Crippen MR) is 75.9 cm³/mol. The van der Waals surface area contributed by atoms with Crippen molar-refractivity contribution in [3.8, 4) is 0 Å². The van der Waals surface area contributed by atoms with E-state index in [1.165, 1.54) is 6.42 Å². The topological polar surface area (TPSA) is 3.24 Å². The van der Waals surface area contributed by atoms with Crippen molar-refractivity contribution >= 4 is 21.3 Å². The molecular formula is C12H24NPSi. The van der Waals surface area contributed by atoms with E-state index in [2.05, 4.69) is 57.1 Å². The highest BCUT2D eigenvalue weighted by atomic mass is 31.2. The molecular weight excluding hydrogens is 217 g/mol. The molecule has 15 heavy (non-hydrogen) atoms. The van der Waals surface area contributed by atoms with Crippen LogP contribution in [0.5, 0.6) is 0 Å². The minimum Gasteiger partial charge on any atom is -0.301 e. The summed E-state index contributed by atoms with van der Waals surface area (Å²) in [6.45, 7) is 14.8. The molecule has 1 nitrogen and oxygen atoms in total. The summed E-state index contributed by atoms with van der Waals surface area (Å²) in [7, 11) is -1.70. The molecule has 1 heterocycles. The molecule has 86 valence electrons. The summed E-state index contributed by atoms with van der Waals surface area (Å²) in [5, 5.41) is 1.89. The van der Waals surface area contributed by atoms with E-state index in [1.807, 2.05) is 5.29 Å². The monoisotopic (exact) mass is 241 g/mol. The van der Waals surface area contributed by atoms with Crippen LogP contribution < -0.4 is 0 Å². The molecule has 2 rings (SSSR count). The zero-order chi connectivity index (χ0) is 11.4. The summed E-state index contributed by atoms with van der Waals surface area (Å²) in [4.78, 5) is 0. The second-order valence-corrected chi connectivity index (χ2v) is 13.2. The molecule has 0 amide bonds. The van der Waals surface area contributed by atoms with Gasteiger partial charge in [-0.25, -0.2) is 0 Å². The molecule has 0 N–H and O–H groups in total. The Balaban J connectivity index is 2.50. The highest BCUT2D eigenvalue weighted by Gasteiger charge is 2.46. The lowest BCUT2D eigenvalue weighted by molar-refractivity contribution is 0.379. The molecule has 0 bridgehead atoms. The van der Waals surface area contributed by atoms with Gasteiger partial charge in [0.15, 0.2) is 0 Å².